The molecule has 0 aliphatic heterocycles. The highest BCUT2D eigenvalue weighted by Crippen LogP contribution is 2.43. The van der Waals surface area contributed by atoms with Gasteiger partial charge in [-0.2, -0.15) is 0 Å². The highest BCUT2D eigenvalue weighted by Gasteiger charge is 2.41. The smallest absolute Gasteiger partial charge is 0.200 e. The van der Waals surface area contributed by atoms with Gasteiger partial charge in [0.15, 0.2) is 11.6 Å². The molecule has 4 N–H and O–H groups in total. The Morgan fingerprint density at radius 1 is 0.636 bits per heavy atom. The molecule has 3 aromatic rings. The number of ketones is 2. The van der Waals surface area contributed by atoms with Gasteiger partial charge in [0.2, 0.25) is 0 Å². The minimum atomic E-state index is -0.525. The molecule has 0 unspecified atom stereocenters. The van der Waals surface area contributed by atoms with Crippen molar-refractivity contribution in [2.45, 2.75) is 25.7 Å². The fourth-order valence-corrected chi connectivity index (χ4v) is 5.20. The van der Waals surface area contributed by atoms with E-state index >= 15 is 0 Å². The van der Waals surface area contributed by atoms with Crippen LogP contribution in [0.4, 0.5) is 8.78 Å². The molecule has 0 heterocycles. The lowest BCUT2D eigenvalue weighted by molar-refractivity contribution is 0.0963. The van der Waals surface area contributed by atoms with Crippen LogP contribution in [0.1, 0.15) is 57.5 Å². The van der Waals surface area contributed by atoms with Crippen molar-refractivity contribution >= 4 is 24.0 Å². The molecule has 44 heavy (non-hydrogen) atoms. The van der Waals surface area contributed by atoms with Crippen molar-refractivity contribution in [3.63, 3.8) is 0 Å². The standard InChI is InChI=1S/C34H32F2N4O4/c35-23-7-3-21(4-8-23)19-37-15-1-17-39-25-11-12-26(40-18-2-16-38-20-22-5-9-24(36)10-6-22)30-29(25)33(43)31-27(41)13-14-28(42)32(31)34(30)44/h3-10,13-14,19-20,39-42H,1-2,11-12,15-18H2. The highest BCUT2D eigenvalue weighted by atomic mass is 19.1. The molecular weight excluding hydrogens is 566 g/mol. The van der Waals surface area contributed by atoms with Gasteiger partial charge in [-0.15, -0.1) is 0 Å². The monoisotopic (exact) mass is 598 g/mol. The Bertz CT molecular complexity index is 1550. The lowest BCUT2D eigenvalue weighted by atomic mass is 9.76. The predicted molar refractivity (Wildman–Crippen MR) is 165 cm³/mol. The Morgan fingerprint density at radius 2 is 1.02 bits per heavy atom. The zero-order chi connectivity index (χ0) is 31.1. The number of halogens is 2. The van der Waals surface area contributed by atoms with Crippen molar-refractivity contribution in [2.24, 2.45) is 9.98 Å². The first-order chi connectivity index (χ1) is 21.3. The van der Waals surface area contributed by atoms with Gasteiger partial charge >= 0.3 is 0 Å². The molecule has 0 saturated heterocycles. The van der Waals surface area contributed by atoms with Crippen molar-refractivity contribution in [3.8, 4) is 11.5 Å². The van der Waals surface area contributed by atoms with Gasteiger partial charge in [-0.1, -0.05) is 24.3 Å². The SMILES string of the molecule is O=C1C2=C(NCCCN=Cc3ccc(F)cc3)CCC(NCCCN=Cc3ccc(F)cc3)=C2C(=O)c2c(O)ccc(O)c21. The number of Topliss-reactive ketones (excluding diaryl/α,β-unsaturated/α-hetero) is 2. The normalized spacial score (nSPS) is 14.9. The maximum absolute atomic E-state index is 13.7. The maximum atomic E-state index is 13.7. The van der Waals surface area contributed by atoms with Crippen LogP contribution in [0.25, 0.3) is 0 Å². The van der Waals surface area contributed by atoms with E-state index in [2.05, 4.69) is 20.6 Å². The van der Waals surface area contributed by atoms with Crippen LogP contribution < -0.4 is 10.6 Å². The molecule has 3 aromatic carbocycles. The Kier molecular flexibility index (Phi) is 9.59. The van der Waals surface area contributed by atoms with Crippen molar-refractivity contribution in [1.29, 1.82) is 0 Å². The zero-order valence-corrected chi connectivity index (χ0v) is 23.9. The number of aromatic hydroxyl groups is 2. The third-order valence-corrected chi connectivity index (χ3v) is 7.37. The second-order valence-corrected chi connectivity index (χ2v) is 10.5. The number of carbonyl (C=O) groups is 2. The fourth-order valence-electron chi connectivity index (χ4n) is 5.20. The quantitative estimate of drug-likeness (QED) is 0.128. The van der Waals surface area contributed by atoms with E-state index in [9.17, 15) is 28.6 Å². The average Bonchev–Trinajstić information content (AvgIpc) is 3.02. The predicted octanol–water partition coefficient (Wildman–Crippen LogP) is 5.25. The summed E-state index contributed by atoms with van der Waals surface area (Å²) in [4.78, 5) is 36.2. The van der Waals surface area contributed by atoms with Gasteiger partial charge in [0.25, 0.3) is 0 Å². The maximum Gasteiger partial charge on any atom is 0.200 e. The second-order valence-electron chi connectivity index (χ2n) is 10.5. The van der Waals surface area contributed by atoms with E-state index in [0.717, 1.165) is 11.1 Å². The fraction of sp³-hybridized carbons (Fsp3) is 0.235. The van der Waals surface area contributed by atoms with Crippen LogP contribution in [0.2, 0.25) is 0 Å². The van der Waals surface area contributed by atoms with Gasteiger partial charge in [0, 0.05) is 50.0 Å². The van der Waals surface area contributed by atoms with Gasteiger partial charge in [0.1, 0.15) is 23.1 Å². The second kappa shape index (κ2) is 13.9. The Balaban J connectivity index is 1.29. The molecule has 10 heteroatoms. The van der Waals surface area contributed by atoms with Crippen LogP contribution in [-0.2, 0) is 0 Å². The average molecular weight is 599 g/mol. The minimum Gasteiger partial charge on any atom is -0.507 e. The van der Waals surface area contributed by atoms with Crippen LogP contribution in [-0.4, -0.2) is 60.4 Å². The van der Waals surface area contributed by atoms with Crippen molar-refractivity contribution in [2.75, 3.05) is 26.2 Å². The van der Waals surface area contributed by atoms with E-state index in [0.29, 0.717) is 63.3 Å². The number of benzene rings is 3. The van der Waals surface area contributed by atoms with E-state index in [4.69, 9.17) is 0 Å². The third-order valence-electron chi connectivity index (χ3n) is 7.37. The van der Waals surface area contributed by atoms with Crippen LogP contribution in [0.3, 0.4) is 0 Å². The minimum absolute atomic E-state index is 0.196. The van der Waals surface area contributed by atoms with Crippen molar-refractivity contribution in [1.82, 2.24) is 10.6 Å². The first kappa shape index (κ1) is 30.3. The molecule has 0 amide bonds. The number of fused-ring (bicyclic) bond motifs is 2. The topological polar surface area (TPSA) is 123 Å². The number of carbonyl (C=O) groups excluding carboxylic acids is 2. The summed E-state index contributed by atoms with van der Waals surface area (Å²) in [5.74, 6) is -2.40. The van der Waals surface area contributed by atoms with Gasteiger partial charge in [-0.3, -0.25) is 19.6 Å². The lowest BCUT2D eigenvalue weighted by Crippen LogP contribution is -2.34. The third kappa shape index (κ3) is 6.91. The first-order valence-electron chi connectivity index (χ1n) is 14.4. The van der Waals surface area contributed by atoms with Gasteiger partial charge in [-0.05, 0) is 73.2 Å². The van der Waals surface area contributed by atoms with E-state index in [1.54, 1.807) is 36.7 Å². The molecular formula is C34H32F2N4O4. The van der Waals surface area contributed by atoms with Crippen molar-refractivity contribution in [3.05, 3.63) is 117 Å². The van der Waals surface area contributed by atoms with E-state index in [1.165, 1.54) is 36.4 Å². The summed E-state index contributed by atoms with van der Waals surface area (Å²) in [6, 6.07) is 14.5. The molecule has 2 aliphatic carbocycles. The number of phenols is 2. The molecule has 8 nitrogen and oxygen atoms in total. The summed E-state index contributed by atoms with van der Waals surface area (Å²) >= 11 is 0. The van der Waals surface area contributed by atoms with Crippen LogP contribution in [0.15, 0.2) is 93.2 Å². The first-order valence-corrected chi connectivity index (χ1v) is 14.4. The van der Waals surface area contributed by atoms with Gasteiger partial charge in [0.05, 0.1) is 22.3 Å². The zero-order valence-electron chi connectivity index (χ0n) is 23.9. The molecule has 226 valence electrons. The van der Waals surface area contributed by atoms with Crippen LogP contribution in [0.5, 0.6) is 11.5 Å². The molecule has 0 aromatic heterocycles. The molecule has 0 bridgehead atoms. The Morgan fingerprint density at radius 3 is 1.41 bits per heavy atom. The highest BCUT2D eigenvalue weighted by molar-refractivity contribution is 6.33. The number of allylic oxidation sites excluding steroid dienone is 4. The lowest BCUT2D eigenvalue weighted by Gasteiger charge is -2.30. The number of aliphatic imine (C=N–C) groups is 2. The van der Waals surface area contributed by atoms with E-state index in [-0.39, 0.29) is 45.4 Å². The summed E-state index contributed by atoms with van der Waals surface area (Å²) in [6.07, 6.45) is 5.56. The number of phenolic OH excluding ortho intramolecular Hbond substituents is 2. The molecule has 0 fully saturated rings. The molecule has 0 atom stereocenters. The molecule has 2 aliphatic rings. The largest absolute Gasteiger partial charge is 0.507 e. The van der Waals surface area contributed by atoms with E-state index < -0.39 is 11.6 Å². The Hall–Kier alpha value is -5.12. The van der Waals surface area contributed by atoms with Crippen molar-refractivity contribution < 1.29 is 28.6 Å². The molecule has 0 spiro atoms. The van der Waals surface area contributed by atoms with Crippen LogP contribution in [0, 0.1) is 11.6 Å². The van der Waals surface area contributed by atoms with Crippen LogP contribution >= 0.6 is 0 Å². The number of nitrogens with one attached hydrogen (secondary N) is 2. The number of hydrogen-bond acceptors (Lipinski definition) is 8. The number of hydrogen-bond donors (Lipinski definition) is 4. The van der Waals surface area contributed by atoms with Gasteiger partial charge in [-0.25, -0.2) is 8.78 Å². The summed E-state index contributed by atoms with van der Waals surface area (Å²) in [5.41, 5.74) is 2.77. The Labute approximate surface area is 253 Å². The summed E-state index contributed by atoms with van der Waals surface area (Å²) in [6.45, 7) is 1.97. The molecule has 5 rings (SSSR count). The summed E-state index contributed by atoms with van der Waals surface area (Å²) < 4.78 is 26.2. The molecule has 0 saturated carbocycles. The molecule has 0 radical (unpaired) electrons. The number of nitrogens with zero attached hydrogens (tertiary/aromatic N) is 2. The van der Waals surface area contributed by atoms with E-state index in [1.807, 2.05) is 0 Å². The van der Waals surface area contributed by atoms with Gasteiger partial charge < -0.3 is 20.8 Å². The summed E-state index contributed by atoms with van der Waals surface area (Å²) in [5, 5.41) is 27.6. The number of rotatable bonds is 12. The summed E-state index contributed by atoms with van der Waals surface area (Å²) in [7, 11) is 0.